The quantitative estimate of drug-likeness (QED) is 0.0159. The minimum absolute atomic E-state index is 0. The molecule has 11 aromatic rings. The summed E-state index contributed by atoms with van der Waals surface area (Å²) in [5.74, 6) is -1.90. The number of hydrogen-bond donors (Lipinski definition) is 7. The summed E-state index contributed by atoms with van der Waals surface area (Å²) >= 11 is 16.7. The molecule has 3 saturated heterocycles. The zero-order chi connectivity index (χ0) is 92.1. The Morgan fingerprint density at radius 3 is 1.14 bits per heavy atom. The van der Waals surface area contributed by atoms with E-state index in [1.807, 2.05) is 109 Å². The van der Waals surface area contributed by atoms with Crippen LogP contribution in [0.25, 0.3) is 32.3 Å². The fourth-order valence-corrected chi connectivity index (χ4v) is 224. The van der Waals surface area contributed by atoms with Crippen LogP contribution >= 0.6 is 127 Å². The second kappa shape index (κ2) is 59.5. The minimum Gasteiger partial charge on any atom is -0.478 e. The summed E-state index contributed by atoms with van der Waals surface area (Å²) in [6.07, 6.45) is 6.94. The van der Waals surface area contributed by atoms with Crippen LogP contribution in [0, 0.1) is 0 Å². The second-order valence-corrected chi connectivity index (χ2v) is 160. The second-order valence-electron chi connectivity index (χ2n) is 30.2. The average molecular weight is 2910 g/mol. The zero-order valence-corrected chi connectivity index (χ0v) is 91.6. The van der Waals surface area contributed by atoms with Crippen molar-refractivity contribution in [2.24, 2.45) is 5.73 Å². The van der Waals surface area contributed by atoms with Gasteiger partial charge in [-0.3, -0.25) is 53.4 Å². The third kappa shape index (κ3) is 35.9. The molecular formula is C96H107I10N9O16-2. The van der Waals surface area contributed by atoms with Gasteiger partial charge in [-0.05, 0) is 132 Å². The summed E-state index contributed by atoms with van der Waals surface area (Å²) < 4.78 is 15.7. The molecule has 0 aliphatic carbocycles. The van der Waals surface area contributed by atoms with Crippen LogP contribution in [0.15, 0.2) is 231 Å². The molecular weight excluding hydrogens is 2800 g/mol. The number of imide groups is 1. The number of Topliss-reactive ketones (excluding diaryl/α,β-unsaturated/α-hetero) is 2. The molecule has 5 aliphatic heterocycles. The number of nitrogens with two attached hydrogens (primary N) is 1. The summed E-state index contributed by atoms with van der Waals surface area (Å²) in [5.41, 5.74) is 14.2. The van der Waals surface area contributed by atoms with Gasteiger partial charge in [0, 0.05) is 170 Å². The summed E-state index contributed by atoms with van der Waals surface area (Å²) in [5, 5.41) is 59.3. The molecule has 5 amide bonds. The first-order valence-electron chi connectivity index (χ1n) is 41.3. The Morgan fingerprint density at radius 1 is 0.450 bits per heavy atom. The molecule has 8 N–H and O–H groups in total. The van der Waals surface area contributed by atoms with E-state index in [-0.39, 0.29) is 109 Å². The number of morpholine rings is 3. The molecule has 0 radical (unpaired) electrons. The Morgan fingerprint density at radius 2 is 0.779 bits per heavy atom. The van der Waals surface area contributed by atoms with Gasteiger partial charge in [0.2, 0.25) is 0 Å². The van der Waals surface area contributed by atoms with E-state index in [4.69, 9.17) is 25.1 Å². The smallest absolute Gasteiger partial charge is 0.335 e. The standard InChI is InChI=1S/C25H30N2O4.C25H26N2O4.C20H16N2O3.C12H14N2O.C12H13NO4.2CH4.I7.I3/c2*28-23(16-22-15-20-3-1-2-4-21(20)17-26-22)9-10-24(29)18-5-7-19(8-6-18)25(30)27-11-13-31-14-12-27;23-16(10-15-9-13-5-1-2-6-14(13)11-21-15)12-22-19(24)17-7-3-4-8-18(17)20(22)25;13-7-12(15)6-11-5-9-3-1-2-4-10(9)8-14-11;14-11(13-5-7-17-8-6-13)9-1-3-10(4-2-9)12(15)16;;;1-5-7(4)6(2)3;1-3-2/h1-8,22-23,26,28H,9-17H2;1-8,15,17,23,28H,9-14,16H2;1-9,11,16,23H,10,12H2;1-5,8,12,15H,6-7,13H2;1-4H,5-8H2,(H,15,16);2*1H4;;/q;;;;;;;2*-1. The predicted octanol–water partition coefficient (Wildman–Crippen LogP) is 12.6. The molecule has 5 atom stereocenters. The van der Waals surface area contributed by atoms with Crippen molar-refractivity contribution in [2.75, 3.05) is 92.0 Å². The molecule has 5 aliphatic rings. The largest absolute Gasteiger partial charge is 0.478 e. The van der Waals surface area contributed by atoms with Crippen molar-refractivity contribution in [3.63, 3.8) is 0 Å². The number of aliphatic hydroxyl groups excluding tert-OH is 4. The number of carbonyl (C=O) groups is 8. The van der Waals surface area contributed by atoms with Crippen molar-refractivity contribution in [3.05, 3.63) is 304 Å². The zero-order valence-electron chi connectivity index (χ0n) is 70.0. The number of nitrogens with zero attached hydrogens (tertiary/aromatic N) is 7. The first-order chi connectivity index (χ1) is 62.4. The number of benzene rings is 8. The molecule has 0 spiro atoms. The third-order valence-corrected chi connectivity index (χ3v) is 269. The number of rotatable bonds is 25. The van der Waals surface area contributed by atoms with Crippen molar-refractivity contribution in [1.29, 1.82) is 0 Å². The Kier molecular flexibility index (Phi) is 50.7. The molecule has 0 saturated carbocycles. The average Bonchev–Trinajstić information content (AvgIpc) is 1.63. The number of amides is 5. The van der Waals surface area contributed by atoms with Gasteiger partial charge in [0.15, 0.2) is 11.6 Å². The van der Waals surface area contributed by atoms with Crippen molar-refractivity contribution >= 4 is 207 Å². The van der Waals surface area contributed by atoms with E-state index in [9.17, 15) is 58.8 Å². The van der Waals surface area contributed by atoms with Crippen LogP contribution in [0.3, 0.4) is 0 Å². The molecule has 25 nitrogen and oxygen atoms in total. The SMILES string of the molecule is C.C.I[I-]I.I[I-]I(I)I(I)I.NCC(O)Cc1cc2ccccc2cn1.O=C(CCC(O)CC1Cc2ccccc2CN1)c1ccc(C(=O)N2CCOCC2)cc1.O=C(CCC(O)Cc1cc2ccccc2cn1)c1ccc(C(=O)N2CCOCC2)cc1.O=C(O)c1ccc(C(=O)N2CCOCC2)cc1.O=C1c2ccccc2C(=O)N1CC(O)Cc1cc2ccccc2cn1. The van der Waals surface area contributed by atoms with Gasteiger partial charge in [-0.1, -0.05) is 148 Å². The number of ether oxygens (including phenoxy) is 3. The maximum Gasteiger partial charge on any atom is 0.335 e. The number of β-amino-alcohol motifs (C(OH)–C–C–N with tert-alkyl or cyclic N) is 1. The maximum absolute atomic E-state index is 12.5. The van der Waals surface area contributed by atoms with Crippen LogP contribution in [-0.2, 0) is 46.4 Å². The van der Waals surface area contributed by atoms with Crippen LogP contribution in [0.5, 0.6) is 0 Å². The van der Waals surface area contributed by atoms with Gasteiger partial charge in [-0.15, -0.1) is 0 Å². The minimum atomic E-state index is -0.990. The molecule has 0 bridgehead atoms. The van der Waals surface area contributed by atoms with Crippen molar-refractivity contribution in [3.8, 4) is 0 Å². The van der Waals surface area contributed by atoms with Gasteiger partial charge >= 0.3 is 160 Å². The van der Waals surface area contributed by atoms with Gasteiger partial charge in [0.25, 0.3) is 29.5 Å². The first-order valence-corrected chi connectivity index (χ1v) is 91.6. The van der Waals surface area contributed by atoms with Gasteiger partial charge < -0.3 is 65.5 Å². The van der Waals surface area contributed by atoms with E-state index < -0.39 is 30.4 Å². The van der Waals surface area contributed by atoms with Crippen molar-refractivity contribution in [2.45, 2.75) is 110 Å². The maximum atomic E-state index is 12.5. The number of carboxylic acids is 1. The van der Waals surface area contributed by atoms with Gasteiger partial charge in [0.1, 0.15) is 0 Å². The number of ketones is 2. The van der Waals surface area contributed by atoms with Gasteiger partial charge in [0.05, 0.1) is 87.3 Å². The Balaban J connectivity index is 0.000000200. The molecule has 8 aromatic carbocycles. The van der Waals surface area contributed by atoms with Crippen LogP contribution in [0.2, 0.25) is 0 Å². The molecule has 35 heteroatoms. The molecule has 5 unspecified atom stereocenters. The number of halogens is 10. The van der Waals surface area contributed by atoms with Crippen LogP contribution in [0.4, 0.5) is 0 Å². The number of pyridine rings is 3. The molecule has 3 fully saturated rings. The number of aromatic nitrogens is 3. The number of carbonyl (C=O) groups excluding carboxylic acids is 7. The number of fused-ring (bicyclic) bond motifs is 5. The molecule has 131 heavy (non-hydrogen) atoms. The Labute approximate surface area is 850 Å². The van der Waals surface area contributed by atoms with E-state index >= 15 is 0 Å². The van der Waals surface area contributed by atoms with Gasteiger partial charge in [-0.25, -0.2) is 4.79 Å². The number of carboxylic acid groups (broad SMARTS) is 1. The molecule has 8 heterocycles. The fraction of sp³-hybridized carbons (Fsp3) is 0.323. The topological polar surface area (TPSA) is 355 Å². The van der Waals surface area contributed by atoms with E-state index in [1.165, 1.54) is 23.3 Å². The number of hydrogen-bond acceptors (Lipinski definition) is 20. The predicted molar refractivity (Wildman–Crippen MR) is 576 cm³/mol. The van der Waals surface area contributed by atoms with Crippen molar-refractivity contribution < 1.29 is 105 Å². The van der Waals surface area contributed by atoms with Crippen LogP contribution in [-0.4, -0.2) is 230 Å². The summed E-state index contributed by atoms with van der Waals surface area (Å²) in [6, 6.07) is 64.6. The number of nitrogens with one attached hydrogen (secondary N) is 1. The normalized spacial score (nSPS) is 15.5. The van der Waals surface area contributed by atoms with E-state index in [0.717, 1.165) is 67.3 Å². The Hall–Kier alpha value is -4.71. The summed E-state index contributed by atoms with van der Waals surface area (Å²) in [4.78, 5) is 117. The monoisotopic (exact) mass is 2910 g/mol. The summed E-state index contributed by atoms with van der Waals surface area (Å²) in [6.45, 7) is 7.93. The van der Waals surface area contributed by atoms with Crippen molar-refractivity contribution in [1.82, 2.24) is 39.9 Å². The van der Waals surface area contributed by atoms with E-state index in [0.29, 0.717) is 183 Å². The number of aromatic carboxylic acids is 1. The van der Waals surface area contributed by atoms with E-state index in [1.54, 1.807) is 106 Å². The van der Waals surface area contributed by atoms with E-state index in [2.05, 4.69) is 150 Å². The molecule has 3 aromatic heterocycles. The number of aliphatic hydroxyl groups is 4. The first kappa shape index (κ1) is 112. The fourth-order valence-electron chi connectivity index (χ4n) is 14.5. The van der Waals surface area contributed by atoms with Crippen LogP contribution in [0.1, 0.15) is 158 Å². The van der Waals surface area contributed by atoms with Gasteiger partial charge in [-0.2, -0.15) is 0 Å². The Bertz CT molecular complexity index is 5480. The third-order valence-electron chi connectivity index (χ3n) is 21.4. The summed E-state index contributed by atoms with van der Waals surface area (Å²) in [7, 11) is -0.491. The van der Waals surface area contributed by atoms with Crippen LogP contribution < -0.4 is 37.6 Å². The molecule has 16 rings (SSSR count). The molecule has 704 valence electrons.